The number of amides is 1. The van der Waals surface area contributed by atoms with E-state index in [1.807, 2.05) is 6.07 Å². The summed E-state index contributed by atoms with van der Waals surface area (Å²) < 4.78 is 27.4. The largest absolute Gasteiger partial charge is 0.296 e. The number of rotatable bonds is 7. The zero-order chi connectivity index (χ0) is 22.7. The number of anilines is 1. The Balaban J connectivity index is 1.36. The maximum atomic E-state index is 12.6. The van der Waals surface area contributed by atoms with Crippen LogP contribution in [-0.4, -0.2) is 41.9 Å². The zero-order valence-electron chi connectivity index (χ0n) is 16.6. The highest BCUT2D eigenvalue weighted by Gasteiger charge is 2.27. The Morgan fingerprint density at radius 2 is 1.78 bits per heavy atom. The standard InChI is InChI=1S/C20H18Cl2N4O3S3/c21-16-8-3-13(11-17(16)22)12-30-20-25-24-19(31-20)23-18(27)14-4-6-15(7-5-14)32(28,29)26-9-1-2-10-26/h3-8,11H,1-2,9-10,12H2,(H,23,24,27). The summed E-state index contributed by atoms with van der Waals surface area (Å²) >= 11 is 14.7. The van der Waals surface area contributed by atoms with Gasteiger partial charge in [-0.15, -0.1) is 10.2 Å². The number of nitrogens with one attached hydrogen (secondary N) is 1. The molecule has 1 aliphatic rings. The van der Waals surface area contributed by atoms with E-state index >= 15 is 0 Å². The molecule has 32 heavy (non-hydrogen) atoms. The van der Waals surface area contributed by atoms with Crippen LogP contribution in [0.3, 0.4) is 0 Å². The van der Waals surface area contributed by atoms with Crippen LogP contribution in [0.1, 0.15) is 28.8 Å². The van der Waals surface area contributed by atoms with Crippen molar-refractivity contribution in [3.05, 3.63) is 63.6 Å². The van der Waals surface area contributed by atoms with Crippen molar-refractivity contribution in [3.63, 3.8) is 0 Å². The predicted octanol–water partition coefficient (Wildman–Crippen LogP) is 5.17. The third-order valence-electron chi connectivity index (χ3n) is 4.79. The van der Waals surface area contributed by atoms with Crippen molar-refractivity contribution in [3.8, 4) is 0 Å². The first-order valence-corrected chi connectivity index (χ1v) is 13.6. The Morgan fingerprint density at radius 3 is 2.47 bits per heavy atom. The lowest BCUT2D eigenvalue weighted by molar-refractivity contribution is 0.102. The molecule has 0 unspecified atom stereocenters. The maximum Gasteiger partial charge on any atom is 0.257 e. The molecular formula is C20H18Cl2N4O3S3. The number of benzene rings is 2. The second-order valence-electron chi connectivity index (χ2n) is 7.00. The van der Waals surface area contributed by atoms with Crippen molar-refractivity contribution < 1.29 is 13.2 Å². The van der Waals surface area contributed by atoms with E-state index in [9.17, 15) is 13.2 Å². The molecule has 0 saturated carbocycles. The van der Waals surface area contributed by atoms with Crippen LogP contribution in [0.2, 0.25) is 10.0 Å². The van der Waals surface area contributed by atoms with E-state index < -0.39 is 10.0 Å². The summed E-state index contributed by atoms with van der Waals surface area (Å²) in [6.45, 7) is 1.07. The van der Waals surface area contributed by atoms with Gasteiger partial charge in [0.1, 0.15) is 0 Å². The highest BCUT2D eigenvalue weighted by atomic mass is 35.5. The number of aromatic nitrogens is 2. The van der Waals surface area contributed by atoms with Gasteiger partial charge in [0.15, 0.2) is 4.34 Å². The van der Waals surface area contributed by atoms with Crippen LogP contribution >= 0.6 is 46.3 Å². The number of halogens is 2. The van der Waals surface area contributed by atoms with Crippen LogP contribution < -0.4 is 5.32 Å². The molecule has 1 aliphatic heterocycles. The van der Waals surface area contributed by atoms with E-state index in [2.05, 4.69) is 15.5 Å². The molecule has 1 N–H and O–H groups in total. The van der Waals surface area contributed by atoms with Gasteiger partial charge in [-0.3, -0.25) is 10.1 Å². The van der Waals surface area contributed by atoms with Gasteiger partial charge >= 0.3 is 0 Å². The van der Waals surface area contributed by atoms with Crippen LogP contribution in [-0.2, 0) is 15.8 Å². The number of thioether (sulfide) groups is 1. The number of nitrogens with zero attached hydrogens (tertiary/aromatic N) is 3. The minimum absolute atomic E-state index is 0.188. The molecule has 3 aromatic rings. The third kappa shape index (κ3) is 5.44. The van der Waals surface area contributed by atoms with Gasteiger partial charge < -0.3 is 0 Å². The predicted molar refractivity (Wildman–Crippen MR) is 128 cm³/mol. The molecule has 1 saturated heterocycles. The smallest absolute Gasteiger partial charge is 0.257 e. The van der Waals surface area contributed by atoms with Crippen LogP contribution in [0, 0.1) is 0 Å². The quantitative estimate of drug-likeness (QED) is 0.335. The first kappa shape index (κ1) is 23.5. The van der Waals surface area contributed by atoms with Crippen molar-refractivity contribution in [2.75, 3.05) is 18.4 Å². The fraction of sp³-hybridized carbons (Fsp3) is 0.250. The van der Waals surface area contributed by atoms with Gasteiger partial charge in [0.25, 0.3) is 5.91 Å². The third-order valence-corrected chi connectivity index (χ3v) is 9.49. The summed E-state index contributed by atoms with van der Waals surface area (Å²) in [6, 6.07) is 11.3. The topological polar surface area (TPSA) is 92.3 Å². The lowest BCUT2D eigenvalue weighted by Crippen LogP contribution is -2.27. The monoisotopic (exact) mass is 528 g/mol. The van der Waals surface area contributed by atoms with Gasteiger partial charge in [0.05, 0.1) is 14.9 Å². The normalized spacial score (nSPS) is 14.6. The molecule has 168 valence electrons. The first-order valence-electron chi connectivity index (χ1n) is 9.65. The Kier molecular flexibility index (Phi) is 7.38. The lowest BCUT2D eigenvalue weighted by atomic mass is 10.2. The molecule has 0 spiro atoms. The molecule has 1 amide bonds. The summed E-state index contributed by atoms with van der Waals surface area (Å²) in [5, 5.41) is 12.1. The second kappa shape index (κ2) is 10.1. The molecule has 2 heterocycles. The molecule has 0 bridgehead atoms. The van der Waals surface area contributed by atoms with Gasteiger partial charge in [0, 0.05) is 24.4 Å². The van der Waals surface area contributed by atoms with Gasteiger partial charge in [-0.1, -0.05) is 52.4 Å². The maximum absolute atomic E-state index is 12.6. The van der Waals surface area contributed by atoms with Crippen LogP contribution in [0.4, 0.5) is 5.13 Å². The SMILES string of the molecule is O=C(Nc1nnc(SCc2ccc(Cl)c(Cl)c2)s1)c1ccc(S(=O)(=O)N2CCCC2)cc1. The van der Waals surface area contributed by atoms with Crippen LogP contribution in [0.15, 0.2) is 51.7 Å². The Morgan fingerprint density at radius 1 is 1.06 bits per heavy atom. The highest BCUT2D eigenvalue weighted by Crippen LogP contribution is 2.31. The molecule has 1 aromatic heterocycles. The van der Waals surface area contributed by atoms with E-state index in [0.717, 1.165) is 18.4 Å². The van der Waals surface area contributed by atoms with E-state index in [1.165, 1.54) is 51.7 Å². The van der Waals surface area contributed by atoms with Crippen molar-refractivity contribution >= 4 is 67.4 Å². The van der Waals surface area contributed by atoms with E-state index in [-0.39, 0.29) is 10.8 Å². The summed E-state index contributed by atoms with van der Waals surface area (Å²) in [5.74, 6) is 0.249. The Bertz CT molecular complexity index is 1230. The molecule has 7 nitrogen and oxygen atoms in total. The number of sulfonamides is 1. The number of carbonyl (C=O) groups is 1. The lowest BCUT2D eigenvalue weighted by Gasteiger charge is -2.15. The van der Waals surface area contributed by atoms with Crippen LogP contribution in [0.5, 0.6) is 0 Å². The van der Waals surface area contributed by atoms with Gasteiger partial charge in [-0.25, -0.2) is 8.42 Å². The molecule has 12 heteroatoms. The average Bonchev–Trinajstić information content (AvgIpc) is 3.47. The highest BCUT2D eigenvalue weighted by molar-refractivity contribution is 8.00. The number of hydrogen-bond donors (Lipinski definition) is 1. The van der Waals surface area contributed by atoms with Crippen molar-refractivity contribution in [1.82, 2.24) is 14.5 Å². The first-order chi connectivity index (χ1) is 15.3. The molecular weight excluding hydrogens is 511 g/mol. The summed E-state index contributed by atoms with van der Waals surface area (Å²) in [6.07, 6.45) is 1.74. The zero-order valence-corrected chi connectivity index (χ0v) is 20.6. The van der Waals surface area contributed by atoms with Crippen molar-refractivity contribution in [2.24, 2.45) is 0 Å². The fourth-order valence-electron chi connectivity index (χ4n) is 3.12. The summed E-state index contributed by atoms with van der Waals surface area (Å²) in [7, 11) is -3.51. The van der Waals surface area contributed by atoms with Gasteiger partial charge in [-0.2, -0.15) is 4.31 Å². The Hall–Kier alpha value is -1.69. The minimum Gasteiger partial charge on any atom is -0.296 e. The van der Waals surface area contributed by atoms with Crippen molar-refractivity contribution in [2.45, 2.75) is 27.8 Å². The van der Waals surface area contributed by atoms with E-state index in [1.54, 1.807) is 12.1 Å². The van der Waals surface area contributed by atoms with Crippen molar-refractivity contribution in [1.29, 1.82) is 0 Å². The molecule has 4 rings (SSSR count). The van der Waals surface area contributed by atoms with Gasteiger partial charge in [0.2, 0.25) is 15.2 Å². The molecule has 0 atom stereocenters. The van der Waals surface area contributed by atoms with Gasteiger partial charge in [-0.05, 0) is 54.8 Å². The van der Waals surface area contributed by atoms with E-state index in [0.29, 0.717) is 43.9 Å². The van der Waals surface area contributed by atoms with Crippen LogP contribution in [0.25, 0.3) is 0 Å². The minimum atomic E-state index is -3.51. The molecule has 2 aromatic carbocycles. The summed E-state index contributed by atoms with van der Waals surface area (Å²) in [4.78, 5) is 12.7. The van der Waals surface area contributed by atoms with E-state index in [4.69, 9.17) is 23.2 Å². The number of carbonyl (C=O) groups excluding carboxylic acids is 1. The Labute approximate surface area is 204 Å². The number of hydrogen-bond acceptors (Lipinski definition) is 7. The second-order valence-corrected chi connectivity index (χ2v) is 12.0. The molecule has 0 aliphatic carbocycles. The summed E-state index contributed by atoms with van der Waals surface area (Å²) in [5.41, 5.74) is 1.33. The molecule has 0 radical (unpaired) electrons. The molecule has 1 fully saturated rings. The average molecular weight is 529 g/mol. The fourth-order valence-corrected chi connectivity index (χ4v) is 6.65.